The first-order chi connectivity index (χ1) is 12.1. The van der Waals surface area contributed by atoms with Gasteiger partial charge in [-0.1, -0.05) is 0 Å². The lowest BCUT2D eigenvalue weighted by Gasteiger charge is -2.08. The maximum Gasteiger partial charge on any atom is 0.263 e. The van der Waals surface area contributed by atoms with Crippen molar-refractivity contribution in [2.75, 3.05) is 11.9 Å². The van der Waals surface area contributed by atoms with Crippen LogP contribution in [-0.4, -0.2) is 22.5 Å². The van der Waals surface area contributed by atoms with Crippen molar-refractivity contribution in [1.29, 1.82) is 0 Å². The summed E-state index contributed by atoms with van der Waals surface area (Å²) in [5, 5.41) is 6.73. The minimum absolute atomic E-state index is 0.0774. The average molecular weight is 434 g/mol. The van der Waals surface area contributed by atoms with E-state index < -0.39 is 0 Å². The van der Waals surface area contributed by atoms with Gasteiger partial charge in [-0.3, -0.25) is 4.79 Å². The fourth-order valence-electron chi connectivity index (χ4n) is 2.48. The van der Waals surface area contributed by atoms with Crippen molar-refractivity contribution in [3.63, 3.8) is 0 Å². The number of anilines is 1. The molecule has 0 radical (unpaired) electrons. The van der Waals surface area contributed by atoms with Crippen LogP contribution in [0.25, 0.3) is 20.3 Å². The van der Waals surface area contributed by atoms with E-state index in [1.807, 2.05) is 30.5 Å². The van der Waals surface area contributed by atoms with Gasteiger partial charge in [-0.25, -0.2) is 9.97 Å². The van der Waals surface area contributed by atoms with Crippen LogP contribution >= 0.6 is 38.6 Å². The molecule has 3 heterocycles. The topological polar surface area (TPSA) is 64.1 Å². The summed E-state index contributed by atoms with van der Waals surface area (Å²) in [6.07, 6.45) is 1.63. The molecule has 0 bridgehead atoms. The minimum atomic E-state index is -0.251. The van der Waals surface area contributed by atoms with Crippen LogP contribution in [0.3, 0.4) is 0 Å². The fraction of sp³-hybridized carbons (Fsp3) is 0.118. The summed E-state index contributed by atoms with van der Waals surface area (Å²) in [4.78, 5) is 20.8. The average Bonchev–Trinajstić information content (AvgIpc) is 3.20. The zero-order chi connectivity index (χ0) is 17.4. The maximum absolute atomic E-state index is 12.1. The number of hydrogen-bond donors (Lipinski definition) is 1. The Morgan fingerprint density at radius 3 is 3.04 bits per heavy atom. The summed E-state index contributed by atoms with van der Waals surface area (Å²) in [7, 11) is 0. The van der Waals surface area contributed by atoms with E-state index in [0.29, 0.717) is 11.6 Å². The number of nitrogens with zero attached hydrogens (tertiary/aromatic N) is 2. The highest BCUT2D eigenvalue weighted by atomic mass is 79.9. The second-order valence-electron chi connectivity index (χ2n) is 5.32. The molecule has 0 aliphatic rings. The van der Waals surface area contributed by atoms with E-state index in [2.05, 4.69) is 31.2 Å². The molecular weight excluding hydrogens is 422 g/mol. The Morgan fingerprint density at radius 1 is 1.36 bits per heavy atom. The van der Waals surface area contributed by atoms with Crippen molar-refractivity contribution < 1.29 is 9.53 Å². The quantitative estimate of drug-likeness (QED) is 0.491. The van der Waals surface area contributed by atoms with E-state index in [9.17, 15) is 4.79 Å². The lowest BCUT2D eigenvalue weighted by atomic mass is 10.2. The van der Waals surface area contributed by atoms with Crippen LogP contribution in [0.15, 0.2) is 40.3 Å². The standard InChI is InChI=1S/C17H12BrN3O2S2/c1-9-20-16-13(25-9)6-12(11-4-5-24-17(11)16)23-8-15(22)21-14-3-2-10(18)7-19-14/h2-7H,8H2,1H3,(H,19,21,22). The highest BCUT2D eigenvalue weighted by Gasteiger charge is 2.13. The van der Waals surface area contributed by atoms with Crippen LogP contribution in [0.4, 0.5) is 5.82 Å². The number of aryl methyl sites for hydroxylation is 1. The monoisotopic (exact) mass is 433 g/mol. The molecule has 5 nitrogen and oxygen atoms in total. The first-order valence-corrected chi connectivity index (χ1v) is 9.90. The number of halogens is 1. The van der Waals surface area contributed by atoms with Crippen molar-refractivity contribution in [3.8, 4) is 5.75 Å². The van der Waals surface area contributed by atoms with Gasteiger partial charge in [-0.05, 0) is 46.4 Å². The number of carbonyl (C=O) groups excluding carboxylic acids is 1. The van der Waals surface area contributed by atoms with Gasteiger partial charge in [-0.2, -0.15) is 0 Å². The van der Waals surface area contributed by atoms with Crippen LogP contribution < -0.4 is 10.1 Å². The first-order valence-electron chi connectivity index (χ1n) is 7.42. The van der Waals surface area contributed by atoms with Crippen LogP contribution in [0, 0.1) is 6.92 Å². The minimum Gasteiger partial charge on any atom is -0.483 e. The molecule has 0 unspecified atom stereocenters. The molecule has 0 saturated heterocycles. The highest BCUT2D eigenvalue weighted by molar-refractivity contribution is 9.10. The molecule has 0 saturated carbocycles. The number of ether oxygens (including phenoxy) is 1. The number of benzene rings is 1. The van der Waals surface area contributed by atoms with Gasteiger partial charge >= 0.3 is 0 Å². The summed E-state index contributed by atoms with van der Waals surface area (Å²) in [6, 6.07) is 7.50. The third-order valence-corrected chi connectivity index (χ3v) is 5.83. The molecule has 0 atom stereocenters. The van der Waals surface area contributed by atoms with Crippen LogP contribution in [0.2, 0.25) is 0 Å². The number of fused-ring (bicyclic) bond motifs is 3. The van der Waals surface area contributed by atoms with E-state index in [4.69, 9.17) is 4.74 Å². The van der Waals surface area contributed by atoms with Crippen molar-refractivity contribution in [2.45, 2.75) is 6.92 Å². The van der Waals surface area contributed by atoms with E-state index in [-0.39, 0.29) is 12.5 Å². The molecular formula is C17H12BrN3O2S2. The van der Waals surface area contributed by atoms with Crippen molar-refractivity contribution in [1.82, 2.24) is 9.97 Å². The molecule has 8 heteroatoms. The summed E-state index contributed by atoms with van der Waals surface area (Å²) in [5.41, 5.74) is 1.00. The Labute approximate surface area is 159 Å². The number of hydrogen-bond acceptors (Lipinski definition) is 6. The maximum atomic E-state index is 12.1. The fourth-order valence-corrected chi connectivity index (χ4v) is 4.55. The van der Waals surface area contributed by atoms with Gasteiger partial charge in [-0.15, -0.1) is 22.7 Å². The highest BCUT2D eigenvalue weighted by Crippen LogP contribution is 2.38. The molecule has 25 heavy (non-hydrogen) atoms. The number of thiophene rings is 1. The molecule has 0 spiro atoms. The second kappa shape index (κ2) is 6.70. The smallest absolute Gasteiger partial charge is 0.263 e. The van der Waals surface area contributed by atoms with Gasteiger partial charge in [0, 0.05) is 22.1 Å². The van der Waals surface area contributed by atoms with Crippen molar-refractivity contribution in [2.24, 2.45) is 0 Å². The molecule has 1 N–H and O–H groups in total. The number of pyridine rings is 1. The largest absolute Gasteiger partial charge is 0.483 e. The predicted molar refractivity (Wildman–Crippen MR) is 106 cm³/mol. The summed E-state index contributed by atoms with van der Waals surface area (Å²) in [5.74, 6) is 0.941. The van der Waals surface area contributed by atoms with Gasteiger partial charge in [0.25, 0.3) is 5.91 Å². The van der Waals surface area contributed by atoms with Gasteiger partial charge in [0.15, 0.2) is 6.61 Å². The number of carbonyl (C=O) groups is 1. The van der Waals surface area contributed by atoms with E-state index in [0.717, 1.165) is 29.8 Å². The molecule has 0 aliphatic carbocycles. The normalized spacial score (nSPS) is 11.1. The number of amides is 1. The Bertz CT molecular complexity index is 1070. The number of aromatic nitrogens is 2. The molecule has 126 valence electrons. The molecule has 3 aromatic heterocycles. The zero-order valence-electron chi connectivity index (χ0n) is 13.1. The summed E-state index contributed by atoms with van der Waals surface area (Å²) >= 11 is 6.57. The third kappa shape index (κ3) is 3.37. The molecule has 1 aromatic carbocycles. The second-order valence-corrected chi connectivity index (χ2v) is 8.38. The van der Waals surface area contributed by atoms with E-state index in [1.54, 1.807) is 34.9 Å². The lowest BCUT2D eigenvalue weighted by molar-refractivity contribution is -0.118. The summed E-state index contributed by atoms with van der Waals surface area (Å²) < 4.78 is 8.80. The van der Waals surface area contributed by atoms with E-state index >= 15 is 0 Å². The van der Waals surface area contributed by atoms with Crippen molar-refractivity contribution >= 4 is 70.6 Å². The summed E-state index contributed by atoms with van der Waals surface area (Å²) in [6.45, 7) is 1.91. The van der Waals surface area contributed by atoms with Crippen LogP contribution in [0.1, 0.15) is 5.01 Å². The molecule has 4 rings (SSSR count). The molecule has 4 aromatic rings. The third-order valence-electron chi connectivity index (χ3n) is 3.52. The lowest BCUT2D eigenvalue weighted by Crippen LogP contribution is -2.20. The molecule has 0 fully saturated rings. The number of thiazole rings is 1. The van der Waals surface area contributed by atoms with Gasteiger partial charge in [0.1, 0.15) is 11.6 Å². The first kappa shape index (κ1) is 16.4. The van der Waals surface area contributed by atoms with Crippen LogP contribution in [-0.2, 0) is 4.79 Å². The Morgan fingerprint density at radius 2 is 2.24 bits per heavy atom. The van der Waals surface area contributed by atoms with E-state index in [1.165, 1.54) is 0 Å². The number of rotatable bonds is 4. The predicted octanol–water partition coefficient (Wildman–Crippen LogP) is 4.99. The zero-order valence-corrected chi connectivity index (χ0v) is 16.3. The SMILES string of the molecule is Cc1nc2c(cc(OCC(=O)Nc3ccc(Br)cn3)c3ccsc32)s1. The van der Waals surface area contributed by atoms with Crippen molar-refractivity contribution in [3.05, 3.63) is 45.3 Å². The Balaban J connectivity index is 1.54. The van der Waals surface area contributed by atoms with Gasteiger partial charge in [0.2, 0.25) is 0 Å². The molecule has 1 amide bonds. The Kier molecular flexibility index (Phi) is 4.41. The number of nitrogens with one attached hydrogen (secondary N) is 1. The van der Waals surface area contributed by atoms with Gasteiger partial charge in [0.05, 0.1) is 19.9 Å². The Hall–Kier alpha value is -2.03. The van der Waals surface area contributed by atoms with Crippen LogP contribution in [0.5, 0.6) is 5.75 Å². The van der Waals surface area contributed by atoms with Gasteiger partial charge < -0.3 is 10.1 Å². The molecule has 0 aliphatic heterocycles.